The van der Waals surface area contributed by atoms with Gasteiger partial charge in [-0.1, -0.05) is 91.0 Å². The summed E-state index contributed by atoms with van der Waals surface area (Å²) in [5.74, 6) is -0.762. The predicted molar refractivity (Wildman–Crippen MR) is 166 cm³/mol. The van der Waals surface area contributed by atoms with Gasteiger partial charge in [0.25, 0.3) is 5.91 Å². The zero-order chi connectivity index (χ0) is 26.9. The van der Waals surface area contributed by atoms with Crippen LogP contribution in [0.25, 0.3) is 34.4 Å². The van der Waals surface area contributed by atoms with Gasteiger partial charge in [0.2, 0.25) is 0 Å². The first-order valence-electron chi connectivity index (χ1n) is 12.5. The molecule has 0 aliphatic carbocycles. The molecule has 0 saturated heterocycles. The van der Waals surface area contributed by atoms with Crippen molar-refractivity contribution in [3.8, 4) is 22.3 Å². The van der Waals surface area contributed by atoms with Gasteiger partial charge in [-0.05, 0) is 82.5 Å². The Labute approximate surface area is 246 Å². The molecule has 4 rings (SSSR count). The molecule has 6 heteroatoms. The van der Waals surface area contributed by atoms with E-state index in [0.717, 1.165) is 38.9 Å². The van der Waals surface area contributed by atoms with Crippen molar-refractivity contribution in [3.05, 3.63) is 119 Å². The summed E-state index contributed by atoms with van der Waals surface area (Å²) < 4.78 is 0. The first-order valence-corrected chi connectivity index (χ1v) is 13.9. The number of carbonyl (C=O) groups is 2. The maximum atomic E-state index is 13.3. The fourth-order valence-electron chi connectivity index (χ4n) is 4.34. The molecule has 0 fully saturated rings. The first-order chi connectivity index (χ1) is 18.5. The van der Waals surface area contributed by atoms with Crippen LogP contribution < -0.4 is 5.32 Å². The van der Waals surface area contributed by atoms with Gasteiger partial charge in [-0.15, -0.1) is 0 Å². The molecule has 39 heavy (non-hydrogen) atoms. The SMILES string of the molecule is CSCC[C@H](NC(=O)c1ccc(C=Cc2cccc(-c3ccccc3)c2)cc1-c1ccccc1C)C(=O)O.[LiH]. The van der Waals surface area contributed by atoms with E-state index in [1.54, 1.807) is 17.8 Å². The fraction of sp³-hybridized carbons (Fsp3) is 0.152. The van der Waals surface area contributed by atoms with Crippen molar-refractivity contribution in [2.75, 3.05) is 12.0 Å². The molecule has 0 spiro atoms. The van der Waals surface area contributed by atoms with Crippen molar-refractivity contribution in [1.82, 2.24) is 5.32 Å². The van der Waals surface area contributed by atoms with E-state index in [1.807, 2.05) is 79.9 Å². The molecule has 1 amide bonds. The number of aryl methyl sites for hydroxylation is 1. The number of nitrogens with one attached hydrogen (secondary N) is 1. The van der Waals surface area contributed by atoms with E-state index in [1.165, 1.54) is 0 Å². The van der Waals surface area contributed by atoms with Crippen LogP contribution >= 0.6 is 11.8 Å². The monoisotopic (exact) mass is 529 g/mol. The zero-order valence-corrected chi connectivity index (χ0v) is 22.4. The van der Waals surface area contributed by atoms with E-state index < -0.39 is 12.0 Å². The summed E-state index contributed by atoms with van der Waals surface area (Å²) in [6, 6.07) is 31.3. The Hall–Kier alpha value is -3.49. The number of hydrogen-bond acceptors (Lipinski definition) is 3. The van der Waals surface area contributed by atoms with E-state index in [-0.39, 0.29) is 24.8 Å². The number of benzene rings is 4. The predicted octanol–water partition coefficient (Wildman–Crippen LogP) is 6.79. The normalized spacial score (nSPS) is 11.5. The van der Waals surface area contributed by atoms with Gasteiger partial charge < -0.3 is 10.4 Å². The van der Waals surface area contributed by atoms with E-state index >= 15 is 0 Å². The molecule has 4 aromatic carbocycles. The van der Waals surface area contributed by atoms with Crippen LogP contribution in [0.2, 0.25) is 0 Å². The van der Waals surface area contributed by atoms with Crippen molar-refractivity contribution >= 4 is 54.7 Å². The van der Waals surface area contributed by atoms with Gasteiger partial charge in [0.15, 0.2) is 0 Å². The minimum absolute atomic E-state index is 0. The van der Waals surface area contributed by atoms with Crippen molar-refractivity contribution in [1.29, 1.82) is 0 Å². The summed E-state index contributed by atoms with van der Waals surface area (Å²) in [5.41, 5.74) is 7.54. The van der Waals surface area contributed by atoms with Gasteiger partial charge in [-0.2, -0.15) is 11.8 Å². The van der Waals surface area contributed by atoms with Gasteiger partial charge in [0, 0.05) is 5.56 Å². The molecule has 0 saturated carbocycles. The number of amides is 1. The van der Waals surface area contributed by atoms with Gasteiger partial charge in [0.05, 0.1) is 0 Å². The number of aliphatic carboxylic acids is 1. The minimum atomic E-state index is -1.03. The number of carboxylic acids is 1. The number of thioether (sulfide) groups is 1. The molecule has 4 nitrogen and oxygen atoms in total. The summed E-state index contributed by atoms with van der Waals surface area (Å²) >= 11 is 1.56. The molecular formula is C33H32LiNO3S. The van der Waals surface area contributed by atoms with Crippen molar-refractivity contribution < 1.29 is 14.7 Å². The van der Waals surface area contributed by atoms with Crippen molar-refractivity contribution in [2.24, 2.45) is 0 Å². The van der Waals surface area contributed by atoms with Crippen LogP contribution in [-0.4, -0.2) is 53.9 Å². The zero-order valence-electron chi connectivity index (χ0n) is 21.6. The second kappa shape index (κ2) is 14.6. The standard InChI is InChI=1S/C33H31NO3S.Li.H/c1-23-9-6-7-14-28(23)30-22-25(17-18-29(30)32(35)34-31(33(36)37)19-20-38-2)16-15-24-10-8-13-27(21-24)26-11-4-3-5-12-26;;/h3-18,21-22,31H,19-20H2,1-2H3,(H,34,35)(H,36,37);;/t31-;;/m0../s1. The fourth-order valence-corrected chi connectivity index (χ4v) is 4.81. The number of carbonyl (C=O) groups excluding carboxylic acids is 1. The summed E-state index contributed by atoms with van der Waals surface area (Å²) in [5, 5.41) is 12.3. The second-order valence-corrected chi connectivity index (χ2v) is 10.1. The van der Waals surface area contributed by atoms with E-state index in [2.05, 4.69) is 41.7 Å². The van der Waals surface area contributed by atoms with Gasteiger partial charge in [-0.3, -0.25) is 4.79 Å². The quantitative estimate of drug-likeness (QED) is 0.175. The van der Waals surface area contributed by atoms with Crippen molar-refractivity contribution in [3.63, 3.8) is 0 Å². The molecular weight excluding hydrogens is 497 g/mol. The number of hydrogen-bond donors (Lipinski definition) is 2. The summed E-state index contributed by atoms with van der Waals surface area (Å²) in [6.45, 7) is 2.01. The Balaban J connectivity index is 0.00000420. The Bertz CT molecular complexity index is 1450. The van der Waals surface area contributed by atoms with Crippen LogP contribution in [0.1, 0.15) is 33.5 Å². The van der Waals surface area contributed by atoms with Crippen LogP contribution in [-0.2, 0) is 4.79 Å². The second-order valence-electron chi connectivity index (χ2n) is 9.09. The Kier molecular flexibility index (Phi) is 11.3. The van der Waals surface area contributed by atoms with Crippen LogP contribution in [0.5, 0.6) is 0 Å². The Morgan fingerprint density at radius 2 is 1.49 bits per heavy atom. The molecule has 2 N–H and O–H groups in total. The average molecular weight is 530 g/mol. The summed E-state index contributed by atoms with van der Waals surface area (Å²) in [7, 11) is 0. The third-order valence-corrected chi connectivity index (χ3v) is 7.04. The van der Waals surface area contributed by atoms with Crippen LogP contribution in [0.15, 0.2) is 97.1 Å². The van der Waals surface area contributed by atoms with E-state index in [0.29, 0.717) is 17.7 Å². The molecule has 0 heterocycles. The van der Waals surface area contributed by atoms with Gasteiger partial charge in [-0.25, -0.2) is 4.79 Å². The molecule has 0 bridgehead atoms. The number of rotatable bonds is 10. The molecule has 4 aromatic rings. The van der Waals surface area contributed by atoms with Crippen LogP contribution in [0.4, 0.5) is 0 Å². The molecule has 0 aromatic heterocycles. The number of carboxylic acid groups (broad SMARTS) is 1. The molecule has 0 aliphatic heterocycles. The summed E-state index contributed by atoms with van der Waals surface area (Å²) in [4.78, 5) is 25.0. The van der Waals surface area contributed by atoms with Gasteiger partial charge >= 0.3 is 24.8 Å². The molecule has 1 atom stereocenters. The topological polar surface area (TPSA) is 66.4 Å². The first kappa shape index (κ1) is 30.1. The molecule has 0 unspecified atom stereocenters. The van der Waals surface area contributed by atoms with E-state index in [4.69, 9.17) is 0 Å². The van der Waals surface area contributed by atoms with Crippen molar-refractivity contribution in [2.45, 2.75) is 19.4 Å². The molecule has 0 radical (unpaired) electrons. The summed E-state index contributed by atoms with van der Waals surface area (Å²) in [6.07, 6.45) is 6.38. The molecule has 194 valence electrons. The van der Waals surface area contributed by atoms with Gasteiger partial charge in [0.1, 0.15) is 6.04 Å². The Morgan fingerprint density at radius 3 is 2.18 bits per heavy atom. The third-order valence-electron chi connectivity index (χ3n) is 6.40. The van der Waals surface area contributed by atoms with Crippen LogP contribution in [0, 0.1) is 6.92 Å². The molecule has 0 aliphatic rings. The Morgan fingerprint density at radius 1 is 0.821 bits per heavy atom. The van der Waals surface area contributed by atoms with Crippen LogP contribution in [0.3, 0.4) is 0 Å². The van der Waals surface area contributed by atoms with E-state index in [9.17, 15) is 14.7 Å². The average Bonchev–Trinajstić information content (AvgIpc) is 2.94. The third kappa shape index (κ3) is 8.00. The maximum absolute atomic E-state index is 13.3.